The predicted octanol–water partition coefficient (Wildman–Crippen LogP) is 5.16. The van der Waals surface area contributed by atoms with Crippen LogP contribution >= 0.6 is 11.8 Å². The second-order valence-corrected chi connectivity index (χ2v) is 9.31. The number of carbonyl (C=O) groups excluding carboxylic acids is 2. The Balaban J connectivity index is 1.93. The number of benzene rings is 2. The summed E-state index contributed by atoms with van der Waals surface area (Å²) in [6, 6.07) is 17.4. The van der Waals surface area contributed by atoms with Gasteiger partial charge in [-0.15, -0.1) is 6.58 Å². The maximum absolute atomic E-state index is 13.6. The van der Waals surface area contributed by atoms with Crippen LogP contribution in [0.15, 0.2) is 71.8 Å². The van der Waals surface area contributed by atoms with E-state index < -0.39 is 11.2 Å². The molecule has 0 aromatic heterocycles. The zero-order chi connectivity index (χ0) is 25.2. The molecule has 3 rings (SSSR count). The van der Waals surface area contributed by atoms with Crippen molar-refractivity contribution in [1.82, 2.24) is 5.32 Å². The number of aryl methyl sites for hydroxylation is 1. The monoisotopic (exact) mass is 489 g/mol. The third-order valence-corrected chi connectivity index (χ3v) is 6.84. The van der Waals surface area contributed by atoms with E-state index in [0.717, 1.165) is 24.8 Å². The molecule has 1 atom stereocenters. The Morgan fingerprint density at radius 3 is 2.46 bits per heavy atom. The van der Waals surface area contributed by atoms with Gasteiger partial charge in [0.1, 0.15) is 22.4 Å². The molecule has 2 aromatic carbocycles. The standard InChI is InChI=1S/C28H31N3O3S/c1-4-7-8-20-9-11-21(12-10-20)18-25-27(33)31(22-13-15-23(16-14-22)34-6-3)28(35-25)24(19-29)26(32)30-17-5-2/h5,9-16,25H,2,4,6-8,17-18H2,1,3H3,(H,30,32)/b28-24-. The SMILES string of the molecule is C=CCNC(=O)/C(C#N)=C1\SC(Cc2ccc(CCCC)cc2)C(=O)N1c1ccc(OCC)cc1. The molecule has 0 saturated carbocycles. The van der Waals surface area contributed by atoms with Gasteiger partial charge in [0.05, 0.1) is 11.9 Å². The summed E-state index contributed by atoms with van der Waals surface area (Å²) in [5.74, 6) is -0.00178. The van der Waals surface area contributed by atoms with E-state index in [2.05, 4.69) is 43.1 Å². The summed E-state index contributed by atoms with van der Waals surface area (Å²) in [6.07, 6.45) is 5.38. The number of nitrogens with zero attached hydrogens (tertiary/aromatic N) is 2. The van der Waals surface area contributed by atoms with E-state index >= 15 is 0 Å². The molecule has 2 amide bonds. The molecular weight excluding hydrogens is 458 g/mol. The fourth-order valence-electron chi connectivity index (χ4n) is 3.77. The lowest BCUT2D eigenvalue weighted by molar-refractivity contribution is -0.117. The van der Waals surface area contributed by atoms with Crippen LogP contribution in [0.4, 0.5) is 5.69 Å². The molecule has 0 bridgehead atoms. The Labute approximate surface area is 211 Å². The van der Waals surface area contributed by atoms with Crippen molar-refractivity contribution in [2.75, 3.05) is 18.1 Å². The van der Waals surface area contributed by atoms with Gasteiger partial charge < -0.3 is 10.1 Å². The van der Waals surface area contributed by atoms with Gasteiger partial charge in [-0.1, -0.05) is 55.4 Å². The maximum Gasteiger partial charge on any atom is 0.264 e. The molecule has 0 aliphatic carbocycles. The molecule has 2 aromatic rings. The van der Waals surface area contributed by atoms with Crippen LogP contribution in [0.3, 0.4) is 0 Å². The Morgan fingerprint density at radius 2 is 1.86 bits per heavy atom. The highest BCUT2D eigenvalue weighted by Gasteiger charge is 2.40. The molecule has 1 fully saturated rings. The number of anilines is 1. The third-order valence-electron chi connectivity index (χ3n) is 5.58. The van der Waals surface area contributed by atoms with Crippen molar-refractivity contribution >= 4 is 29.3 Å². The summed E-state index contributed by atoms with van der Waals surface area (Å²) in [7, 11) is 0. The molecule has 0 spiro atoms. The van der Waals surface area contributed by atoms with Crippen LogP contribution in [0.25, 0.3) is 0 Å². The maximum atomic E-state index is 13.6. The molecule has 7 heteroatoms. The van der Waals surface area contributed by atoms with Gasteiger partial charge in [0.25, 0.3) is 5.91 Å². The van der Waals surface area contributed by atoms with Gasteiger partial charge in [0, 0.05) is 12.2 Å². The quantitative estimate of drug-likeness (QED) is 0.268. The summed E-state index contributed by atoms with van der Waals surface area (Å²) in [5, 5.41) is 12.4. The average Bonchev–Trinajstić information content (AvgIpc) is 3.18. The molecule has 35 heavy (non-hydrogen) atoms. The highest BCUT2D eigenvalue weighted by molar-refractivity contribution is 8.05. The molecule has 1 aliphatic heterocycles. The summed E-state index contributed by atoms with van der Waals surface area (Å²) in [5.41, 5.74) is 2.82. The zero-order valence-electron chi connectivity index (χ0n) is 20.3. The van der Waals surface area contributed by atoms with Crippen molar-refractivity contribution in [3.8, 4) is 11.8 Å². The van der Waals surface area contributed by atoms with E-state index in [4.69, 9.17) is 4.74 Å². The Hall–Kier alpha value is -3.50. The van der Waals surface area contributed by atoms with Gasteiger partial charge >= 0.3 is 0 Å². The first-order chi connectivity index (χ1) is 17.0. The number of hydrogen-bond acceptors (Lipinski definition) is 5. The highest BCUT2D eigenvalue weighted by atomic mass is 32.2. The normalized spacial score (nSPS) is 16.5. The van der Waals surface area contributed by atoms with Gasteiger partial charge in [-0.2, -0.15) is 5.26 Å². The first-order valence-corrected chi connectivity index (χ1v) is 12.7. The molecule has 1 saturated heterocycles. The number of amides is 2. The predicted molar refractivity (Wildman–Crippen MR) is 141 cm³/mol. The van der Waals surface area contributed by atoms with E-state index in [1.807, 2.05) is 13.0 Å². The largest absolute Gasteiger partial charge is 0.494 e. The summed E-state index contributed by atoms with van der Waals surface area (Å²) < 4.78 is 5.52. The number of ether oxygens (including phenoxy) is 1. The Kier molecular flexibility index (Phi) is 9.56. The molecule has 1 unspecified atom stereocenters. The number of unbranched alkanes of at least 4 members (excludes halogenated alkanes) is 1. The summed E-state index contributed by atoms with van der Waals surface area (Å²) >= 11 is 1.26. The number of hydrogen-bond donors (Lipinski definition) is 1. The van der Waals surface area contributed by atoms with E-state index in [9.17, 15) is 14.9 Å². The van der Waals surface area contributed by atoms with E-state index in [0.29, 0.717) is 29.5 Å². The zero-order valence-corrected chi connectivity index (χ0v) is 21.1. The lowest BCUT2D eigenvalue weighted by Gasteiger charge is -2.19. The van der Waals surface area contributed by atoms with Crippen molar-refractivity contribution in [2.24, 2.45) is 0 Å². The number of rotatable bonds is 11. The van der Waals surface area contributed by atoms with Crippen molar-refractivity contribution in [3.05, 3.63) is 82.9 Å². The van der Waals surface area contributed by atoms with Crippen LogP contribution in [0, 0.1) is 11.3 Å². The number of nitrogens with one attached hydrogen (secondary N) is 1. The van der Waals surface area contributed by atoms with Crippen molar-refractivity contribution in [2.45, 2.75) is 44.8 Å². The molecule has 182 valence electrons. The molecule has 1 heterocycles. The van der Waals surface area contributed by atoms with Gasteiger partial charge in [-0.3, -0.25) is 14.5 Å². The number of thioether (sulfide) groups is 1. The molecule has 0 radical (unpaired) electrons. The molecular formula is C28H31N3O3S. The van der Waals surface area contributed by atoms with E-state index in [1.165, 1.54) is 22.2 Å². The summed E-state index contributed by atoms with van der Waals surface area (Å²) in [6.45, 7) is 8.43. The topological polar surface area (TPSA) is 82.4 Å². The number of carbonyl (C=O) groups is 2. The second kappa shape index (κ2) is 12.8. The Bertz CT molecular complexity index is 1120. The molecule has 1 aliphatic rings. The Morgan fingerprint density at radius 1 is 1.17 bits per heavy atom. The van der Waals surface area contributed by atoms with Crippen LogP contribution in [-0.4, -0.2) is 30.2 Å². The second-order valence-electron chi connectivity index (χ2n) is 8.12. The van der Waals surface area contributed by atoms with Crippen molar-refractivity contribution in [3.63, 3.8) is 0 Å². The number of nitriles is 1. The first-order valence-electron chi connectivity index (χ1n) is 11.9. The van der Waals surface area contributed by atoms with Crippen molar-refractivity contribution < 1.29 is 14.3 Å². The third kappa shape index (κ3) is 6.55. The molecule has 1 N–H and O–H groups in total. The first kappa shape index (κ1) is 26.1. The van der Waals surface area contributed by atoms with Gasteiger partial charge in [0.2, 0.25) is 5.91 Å². The van der Waals surface area contributed by atoms with Gasteiger partial charge in [-0.05, 0) is 61.6 Å². The van der Waals surface area contributed by atoms with Crippen LogP contribution in [0.2, 0.25) is 0 Å². The van der Waals surface area contributed by atoms with Crippen molar-refractivity contribution in [1.29, 1.82) is 5.26 Å². The van der Waals surface area contributed by atoms with E-state index in [-0.39, 0.29) is 18.0 Å². The van der Waals surface area contributed by atoms with Gasteiger partial charge in [-0.25, -0.2) is 0 Å². The van der Waals surface area contributed by atoms with Gasteiger partial charge in [0.15, 0.2) is 0 Å². The van der Waals surface area contributed by atoms with Crippen LogP contribution < -0.4 is 15.0 Å². The van der Waals surface area contributed by atoms with Crippen LogP contribution in [0.5, 0.6) is 5.75 Å². The fourth-order valence-corrected chi connectivity index (χ4v) is 5.08. The smallest absolute Gasteiger partial charge is 0.264 e. The fraction of sp³-hybridized carbons (Fsp3) is 0.321. The van der Waals surface area contributed by atoms with E-state index in [1.54, 1.807) is 30.3 Å². The molecule has 6 nitrogen and oxygen atoms in total. The lowest BCUT2D eigenvalue weighted by Crippen LogP contribution is -2.32. The minimum absolute atomic E-state index is 0.0866. The lowest BCUT2D eigenvalue weighted by atomic mass is 10.0. The minimum atomic E-state index is -0.528. The minimum Gasteiger partial charge on any atom is -0.494 e. The summed E-state index contributed by atoms with van der Waals surface area (Å²) in [4.78, 5) is 27.8. The van der Waals surface area contributed by atoms with Crippen LogP contribution in [0.1, 0.15) is 37.8 Å². The van der Waals surface area contributed by atoms with Crippen LogP contribution in [-0.2, 0) is 22.4 Å². The highest BCUT2D eigenvalue weighted by Crippen LogP contribution is 2.42. The average molecular weight is 490 g/mol.